The third-order valence-corrected chi connectivity index (χ3v) is 7.10. The van der Waals surface area contributed by atoms with E-state index in [2.05, 4.69) is 31.0 Å². The van der Waals surface area contributed by atoms with Crippen LogP contribution in [-0.2, 0) is 0 Å². The Balaban J connectivity index is 1.19. The third kappa shape index (κ3) is 6.63. The number of benzene rings is 4. The molecule has 2 heterocycles. The summed E-state index contributed by atoms with van der Waals surface area (Å²) in [7, 11) is 3.41. The van der Waals surface area contributed by atoms with Crippen molar-refractivity contribution in [1.29, 1.82) is 0 Å². The van der Waals surface area contributed by atoms with Gasteiger partial charge in [0.15, 0.2) is 0 Å². The monoisotopic (exact) mass is 612 g/mol. The molecule has 0 aliphatic rings. The summed E-state index contributed by atoms with van der Waals surface area (Å²) in [5.74, 6) is 1.63. The van der Waals surface area contributed by atoms with E-state index in [4.69, 9.17) is 4.74 Å². The molecular weight excluding hydrogens is 580 g/mol. The first-order chi connectivity index (χ1) is 22.2. The lowest BCUT2D eigenvalue weighted by molar-refractivity contribution is 0.0827. The van der Waals surface area contributed by atoms with Crippen molar-refractivity contribution in [3.63, 3.8) is 0 Å². The molecule has 2 aromatic heterocycles. The lowest BCUT2D eigenvalue weighted by Gasteiger charge is -2.14. The van der Waals surface area contributed by atoms with E-state index in [1.54, 1.807) is 61.4 Å². The molecule has 3 amide bonds. The number of aromatic nitrogens is 4. The number of hydrogen-bond acceptors (Lipinski definition) is 7. The van der Waals surface area contributed by atoms with Crippen molar-refractivity contribution in [2.45, 2.75) is 13.8 Å². The Hall–Kier alpha value is -6.23. The van der Waals surface area contributed by atoms with E-state index in [1.165, 1.54) is 4.90 Å². The Labute approximate surface area is 265 Å². The Kier molecular flexibility index (Phi) is 8.29. The van der Waals surface area contributed by atoms with Gasteiger partial charge in [0.1, 0.15) is 11.6 Å². The van der Waals surface area contributed by atoms with Gasteiger partial charge in [-0.25, -0.2) is 14.5 Å². The molecule has 6 aromatic rings. The largest absolute Gasteiger partial charge is 0.438 e. The van der Waals surface area contributed by atoms with Gasteiger partial charge in [-0.2, -0.15) is 10.1 Å². The number of nitrogens with one attached hydrogen (secondary N) is 3. The van der Waals surface area contributed by atoms with Crippen molar-refractivity contribution in [2.75, 3.05) is 30.0 Å². The zero-order valence-electron chi connectivity index (χ0n) is 25.8. The first-order valence-corrected chi connectivity index (χ1v) is 14.6. The molecule has 0 bridgehead atoms. The minimum atomic E-state index is -0.407. The summed E-state index contributed by atoms with van der Waals surface area (Å²) in [4.78, 5) is 35.9. The average Bonchev–Trinajstić information content (AvgIpc) is 3.41. The van der Waals surface area contributed by atoms with Crippen LogP contribution in [0.5, 0.6) is 11.6 Å². The van der Waals surface area contributed by atoms with Gasteiger partial charge in [0.05, 0.1) is 17.1 Å². The van der Waals surface area contributed by atoms with Crippen LogP contribution in [0.1, 0.15) is 21.6 Å². The fourth-order valence-corrected chi connectivity index (χ4v) is 4.90. The molecule has 3 N–H and O–H groups in total. The zero-order valence-corrected chi connectivity index (χ0v) is 25.8. The van der Waals surface area contributed by atoms with E-state index < -0.39 is 6.03 Å². The van der Waals surface area contributed by atoms with Crippen molar-refractivity contribution < 1.29 is 14.3 Å². The number of amides is 3. The minimum Gasteiger partial charge on any atom is -0.438 e. The van der Waals surface area contributed by atoms with Gasteiger partial charge < -0.3 is 20.3 Å². The highest BCUT2D eigenvalue weighted by molar-refractivity contribution is 6.07. The van der Waals surface area contributed by atoms with Gasteiger partial charge in [0.25, 0.3) is 5.91 Å². The predicted octanol–water partition coefficient (Wildman–Crippen LogP) is 7.31. The van der Waals surface area contributed by atoms with Gasteiger partial charge in [0.2, 0.25) is 11.8 Å². The van der Waals surface area contributed by atoms with Crippen molar-refractivity contribution in [2.24, 2.45) is 0 Å². The second-order valence-corrected chi connectivity index (χ2v) is 10.9. The second-order valence-electron chi connectivity index (χ2n) is 10.9. The lowest BCUT2D eigenvalue weighted by atomic mass is 10.1. The van der Waals surface area contributed by atoms with Crippen LogP contribution >= 0.6 is 0 Å². The van der Waals surface area contributed by atoms with E-state index in [0.717, 1.165) is 27.7 Å². The highest BCUT2D eigenvalue weighted by atomic mass is 16.5. The van der Waals surface area contributed by atoms with Crippen molar-refractivity contribution in [1.82, 2.24) is 24.6 Å². The summed E-state index contributed by atoms with van der Waals surface area (Å²) in [5.41, 5.74) is 4.58. The minimum absolute atomic E-state index is 0.104. The molecule has 46 heavy (non-hydrogen) atoms. The SMILES string of the molecule is Cc1ccc(-n2nc(C)cc2NC(=O)Nc2ccc(Oc3ccnc(Nc4cccc(C(=O)N(C)C)c4)n3)c3ccccc23)cc1. The summed E-state index contributed by atoms with van der Waals surface area (Å²) in [6.45, 7) is 3.90. The summed E-state index contributed by atoms with van der Waals surface area (Å²) < 4.78 is 7.91. The number of anilines is 4. The number of aryl methyl sites for hydroxylation is 2. The molecule has 0 saturated heterocycles. The van der Waals surface area contributed by atoms with E-state index >= 15 is 0 Å². The van der Waals surface area contributed by atoms with Crippen LogP contribution in [0.15, 0.2) is 103 Å². The smallest absolute Gasteiger partial charge is 0.324 e. The molecule has 0 radical (unpaired) electrons. The van der Waals surface area contributed by atoms with Crippen LogP contribution < -0.4 is 20.7 Å². The predicted molar refractivity (Wildman–Crippen MR) is 179 cm³/mol. The van der Waals surface area contributed by atoms with Crippen LogP contribution in [0.4, 0.5) is 27.9 Å². The van der Waals surface area contributed by atoms with Crippen molar-refractivity contribution in [3.8, 4) is 17.3 Å². The van der Waals surface area contributed by atoms with E-state index in [0.29, 0.717) is 40.3 Å². The van der Waals surface area contributed by atoms with Crippen molar-refractivity contribution in [3.05, 3.63) is 120 Å². The lowest BCUT2D eigenvalue weighted by Crippen LogP contribution is -2.21. The van der Waals surface area contributed by atoms with Crippen LogP contribution in [0.3, 0.4) is 0 Å². The van der Waals surface area contributed by atoms with Crippen LogP contribution in [0.25, 0.3) is 16.5 Å². The zero-order chi connectivity index (χ0) is 32.2. The van der Waals surface area contributed by atoms with E-state index in [1.807, 2.05) is 74.5 Å². The Morgan fingerprint density at radius 2 is 1.61 bits per heavy atom. The second kappa shape index (κ2) is 12.8. The molecule has 230 valence electrons. The molecule has 11 nitrogen and oxygen atoms in total. The molecule has 0 aliphatic heterocycles. The van der Waals surface area contributed by atoms with Gasteiger partial charge in [-0.05, 0) is 56.3 Å². The van der Waals surface area contributed by atoms with Crippen molar-refractivity contribution >= 4 is 45.9 Å². The van der Waals surface area contributed by atoms with E-state index in [9.17, 15) is 9.59 Å². The summed E-state index contributed by atoms with van der Waals surface area (Å²) >= 11 is 0. The molecule has 6 rings (SSSR count). The number of carbonyl (C=O) groups excluding carboxylic acids is 2. The van der Waals surface area contributed by atoms with Crippen LogP contribution in [0, 0.1) is 13.8 Å². The number of hydrogen-bond donors (Lipinski definition) is 3. The third-order valence-electron chi connectivity index (χ3n) is 7.10. The van der Waals surface area contributed by atoms with Gasteiger partial charge in [-0.15, -0.1) is 0 Å². The first kappa shape index (κ1) is 29.8. The molecule has 11 heteroatoms. The molecule has 4 aromatic carbocycles. The number of nitrogens with zero attached hydrogens (tertiary/aromatic N) is 5. The maximum Gasteiger partial charge on any atom is 0.324 e. The highest BCUT2D eigenvalue weighted by Crippen LogP contribution is 2.34. The fraction of sp³-hybridized carbons (Fsp3) is 0.114. The first-order valence-electron chi connectivity index (χ1n) is 14.6. The standard InChI is InChI=1S/C35H32N8O3/c1-22-12-14-26(15-13-22)43-31(20-23(2)41-43)39-35(45)38-29-16-17-30(28-11-6-5-10-27(28)29)46-32-18-19-36-34(40-32)37-25-9-7-8-24(21-25)33(44)42(3)4/h5-21H,1-4H3,(H,36,37,40)(H2,38,39,45). The summed E-state index contributed by atoms with van der Waals surface area (Å²) in [5, 5.41) is 15.1. The molecular formula is C35H32N8O3. The number of ether oxygens (including phenoxy) is 1. The quantitative estimate of drug-likeness (QED) is 0.164. The summed E-state index contributed by atoms with van der Waals surface area (Å²) in [6.07, 6.45) is 1.59. The number of fused-ring (bicyclic) bond motifs is 1. The van der Waals surface area contributed by atoms with Crippen LogP contribution in [-0.4, -0.2) is 50.7 Å². The fourth-order valence-electron chi connectivity index (χ4n) is 4.90. The molecule has 0 aliphatic carbocycles. The molecule has 0 atom stereocenters. The molecule has 0 spiro atoms. The van der Waals surface area contributed by atoms with Gasteiger partial charge >= 0.3 is 6.03 Å². The Bertz CT molecular complexity index is 2050. The molecule has 0 unspecified atom stereocenters. The number of urea groups is 1. The maximum atomic E-state index is 13.2. The summed E-state index contributed by atoms with van der Waals surface area (Å²) in [6, 6.07) is 29.3. The van der Waals surface area contributed by atoms with Gasteiger partial charge in [-0.3, -0.25) is 10.1 Å². The Morgan fingerprint density at radius 3 is 2.39 bits per heavy atom. The van der Waals surface area contributed by atoms with Gasteiger partial charge in [0, 0.05) is 54.4 Å². The molecule has 0 saturated carbocycles. The normalized spacial score (nSPS) is 10.8. The Morgan fingerprint density at radius 1 is 0.826 bits per heavy atom. The molecule has 0 fully saturated rings. The van der Waals surface area contributed by atoms with Crippen LogP contribution in [0.2, 0.25) is 0 Å². The number of carbonyl (C=O) groups is 2. The van der Waals surface area contributed by atoms with Gasteiger partial charge in [-0.1, -0.05) is 48.0 Å². The maximum absolute atomic E-state index is 13.2. The topological polar surface area (TPSA) is 126 Å². The average molecular weight is 613 g/mol. The number of rotatable bonds is 8. The van der Waals surface area contributed by atoms with E-state index in [-0.39, 0.29) is 5.91 Å². The highest BCUT2D eigenvalue weighted by Gasteiger charge is 2.15.